The van der Waals surface area contributed by atoms with Gasteiger partial charge in [0.1, 0.15) is 5.75 Å². The zero-order valence-corrected chi connectivity index (χ0v) is 12.2. The predicted molar refractivity (Wildman–Crippen MR) is 80.0 cm³/mol. The molecule has 1 aromatic rings. The van der Waals surface area contributed by atoms with Gasteiger partial charge in [-0.05, 0) is 42.5 Å². The first kappa shape index (κ1) is 15.1. The standard InChI is InChI=1S/C14H14N2O4S/c1-2-19-12(17)8-20-10-5-3-4-9(6-10)7-11-13(18)16-14(15)21-11/h3-7H,2,8H2,1H3,(H2,15,16,18). The number of amides is 1. The summed E-state index contributed by atoms with van der Waals surface area (Å²) in [4.78, 5) is 23.2. The van der Waals surface area contributed by atoms with Crippen LogP contribution in [0.4, 0.5) is 0 Å². The van der Waals surface area contributed by atoms with Crippen LogP contribution < -0.4 is 10.1 Å². The molecule has 0 aliphatic carbocycles. The van der Waals surface area contributed by atoms with Gasteiger partial charge in [0.25, 0.3) is 5.91 Å². The second-order valence-electron chi connectivity index (χ2n) is 4.06. The summed E-state index contributed by atoms with van der Waals surface area (Å²) in [6.07, 6.45) is 1.67. The number of carbonyl (C=O) groups is 2. The van der Waals surface area contributed by atoms with E-state index in [4.69, 9.17) is 14.9 Å². The Hall–Kier alpha value is -2.28. The number of carbonyl (C=O) groups excluding carboxylic acids is 2. The highest BCUT2D eigenvalue weighted by molar-refractivity contribution is 8.18. The molecular weight excluding hydrogens is 292 g/mol. The van der Waals surface area contributed by atoms with Crippen LogP contribution in [0.25, 0.3) is 6.08 Å². The highest BCUT2D eigenvalue weighted by Crippen LogP contribution is 2.26. The second-order valence-corrected chi connectivity index (χ2v) is 5.11. The number of hydrogen-bond acceptors (Lipinski definition) is 6. The molecule has 7 heteroatoms. The van der Waals surface area contributed by atoms with Gasteiger partial charge in [-0.3, -0.25) is 10.2 Å². The van der Waals surface area contributed by atoms with Crippen LogP contribution in [0.2, 0.25) is 0 Å². The Balaban J connectivity index is 2.04. The van der Waals surface area contributed by atoms with Crippen LogP contribution in [0.5, 0.6) is 5.75 Å². The minimum Gasteiger partial charge on any atom is -0.482 e. The maximum absolute atomic E-state index is 11.5. The summed E-state index contributed by atoms with van der Waals surface area (Å²) in [5.41, 5.74) is 0.753. The van der Waals surface area contributed by atoms with E-state index in [1.54, 1.807) is 37.3 Å². The summed E-state index contributed by atoms with van der Waals surface area (Å²) in [6, 6.07) is 6.99. The van der Waals surface area contributed by atoms with Crippen LogP contribution in [-0.2, 0) is 14.3 Å². The molecule has 1 fully saturated rings. The largest absolute Gasteiger partial charge is 0.482 e. The molecule has 0 saturated carbocycles. The Kier molecular flexibility index (Phi) is 4.99. The van der Waals surface area contributed by atoms with E-state index in [-0.39, 0.29) is 17.7 Å². The molecule has 1 aliphatic heterocycles. The fraction of sp³-hybridized carbons (Fsp3) is 0.214. The van der Waals surface area contributed by atoms with Crippen molar-refractivity contribution in [2.75, 3.05) is 13.2 Å². The lowest BCUT2D eigenvalue weighted by Gasteiger charge is -2.06. The second kappa shape index (κ2) is 6.94. The van der Waals surface area contributed by atoms with Crippen LogP contribution in [0.3, 0.4) is 0 Å². The van der Waals surface area contributed by atoms with Crippen molar-refractivity contribution in [3.63, 3.8) is 0 Å². The Morgan fingerprint density at radius 1 is 1.48 bits per heavy atom. The van der Waals surface area contributed by atoms with Crippen LogP contribution in [-0.4, -0.2) is 30.3 Å². The summed E-state index contributed by atoms with van der Waals surface area (Å²) < 4.78 is 10.1. The first-order valence-electron chi connectivity index (χ1n) is 6.26. The fourth-order valence-electron chi connectivity index (χ4n) is 1.63. The summed E-state index contributed by atoms with van der Waals surface area (Å²) in [5.74, 6) is -0.209. The number of benzene rings is 1. The van der Waals surface area contributed by atoms with Gasteiger partial charge in [0, 0.05) is 0 Å². The van der Waals surface area contributed by atoms with E-state index < -0.39 is 5.97 Å². The van der Waals surface area contributed by atoms with Gasteiger partial charge in [-0.25, -0.2) is 4.79 Å². The number of thioether (sulfide) groups is 1. The van der Waals surface area contributed by atoms with Crippen LogP contribution >= 0.6 is 11.8 Å². The molecule has 110 valence electrons. The molecule has 0 unspecified atom stereocenters. The third-order valence-corrected chi connectivity index (χ3v) is 3.31. The topological polar surface area (TPSA) is 88.5 Å². The van der Waals surface area contributed by atoms with E-state index in [1.165, 1.54) is 0 Å². The van der Waals surface area contributed by atoms with Crippen molar-refractivity contribution in [2.24, 2.45) is 0 Å². The van der Waals surface area contributed by atoms with Gasteiger partial charge in [-0.2, -0.15) is 0 Å². The van der Waals surface area contributed by atoms with Crippen molar-refractivity contribution in [1.29, 1.82) is 5.41 Å². The third kappa shape index (κ3) is 4.35. The van der Waals surface area contributed by atoms with Crippen molar-refractivity contribution in [3.8, 4) is 5.75 Å². The Bertz CT molecular complexity index is 613. The zero-order chi connectivity index (χ0) is 15.2. The molecule has 0 spiro atoms. The van der Waals surface area contributed by atoms with E-state index in [0.717, 1.165) is 17.3 Å². The van der Waals surface area contributed by atoms with Gasteiger partial charge in [0.2, 0.25) is 0 Å². The lowest BCUT2D eigenvalue weighted by molar-refractivity contribution is -0.145. The molecule has 21 heavy (non-hydrogen) atoms. The maximum atomic E-state index is 11.5. The molecule has 0 atom stereocenters. The molecule has 1 amide bonds. The highest BCUT2D eigenvalue weighted by atomic mass is 32.2. The first-order valence-corrected chi connectivity index (χ1v) is 7.08. The normalized spacial score (nSPS) is 16.0. The molecule has 1 heterocycles. The summed E-state index contributed by atoms with van der Waals surface area (Å²) in [6.45, 7) is 1.88. The number of nitrogens with one attached hydrogen (secondary N) is 2. The number of hydrogen-bond donors (Lipinski definition) is 2. The Labute approximate surface area is 126 Å². The first-order chi connectivity index (χ1) is 10.1. The monoisotopic (exact) mass is 306 g/mol. The summed E-state index contributed by atoms with van der Waals surface area (Å²) >= 11 is 1.07. The molecule has 0 radical (unpaired) electrons. The predicted octanol–water partition coefficient (Wildman–Crippen LogP) is 1.77. The SMILES string of the molecule is CCOC(=O)COc1cccc(C=C2SC(=N)NC2=O)c1. The minimum absolute atomic E-state index is 0.112. The van der Waals surface area contributed by atoms with Crippen LogP contribution in [0.15, 0.2) is 29.2 Å². The molecule has 1 aromatic carbocycles. The summed E-state index contributed by atoms with van der Waals surface area (Å²) in [5, 5.41) is 9.90. The van der Waals surface area contributed by atoms with Gasteiger partial charge in [-0.1, -0.05) is 12.1 Å². The molecule has 2 N–H and O–H groups in total. The molecule has 6 nitrogen and oxygen atoms in total. The van der Waals surface area contributed by atoms with E-state index in [0.29, 0.717) is 17.3 Å². The van der Waals surface area contributed by atoms with E-state index in [2.05, 4.69) is 5.32 Å². The number of esters is 1. The Morgan fingerprint density at radius 2 is 2.29 bits per heavy atom. The molecule has 2 rings (SSSR count). The number of amidine groups is 1. The zero-order valence-electron chi connectivity index (χ0n) is 11.3. The maximum Gasteiger partial charge on any atom is 0.344 e. The van der Waals surface area contributed by atoms with Crippen molar-refractivity contribution in [2.45, 2.75) is 6.92 Å². The fourth-order valence-corrected chi connectivity index (χ4v) is 2.33. The van der Waals surface area contributed by atoms with Crippen molar-refractivity contribution < 1.29 is 19.1 Å². The average molecular weight is 306 g/mol. The highest BCUT2D eigenvalue weighted by Gasteiger charge is 2.22. The Morgan fingerprint density at radius 3 is 2.95 bits per heavy atom. The third-order valence-electron chi connectivity index (χ3n) is 2.48. The smallest absolute Gasteiger partial charge is 0.344 e. The molecular formula is C14H14N2O4S. The number of ether oxygens (including phenoxy) is 2. The van der Waals surface area contributed by atoms with Crippen LogP contribution in [0.1, 0.15) is 12.5 Å². The minimum atomic E-state index is -0.430. The van der Waals surface area contributed by atoms with Gasteiger partial charge in [0.15, 0.2) is 11.8 Å². The van der Waals surface area contributed by atoms with Crippen molar-refractivity contribution in [3.05, 3.63) is 34.7 Å². The molecule has 1 aliphatic rings. The van der Waals surface area contributed by atoms with Gasteiger partial charge >= 0.3 is 5.97 Å². The average Bonchev–Trinajstić information content (AvgIpc) is 2.75. The van der Waals surface area contributed by atoms with Gasteiger partial charge in [-0.15, -0.1) is 0 Å². The van der Waals surface area contributed by atoms with Crippen molar-refractivity contribution >= 4 is 34.9 Å². The van der Waals surface area contributed by atoms with E-state index >= 15 is 0 Å². The van der Waals surface area contributed by atoms with E-state index in [9.17, 15) is 9.59 Å². The lowest BCUT2D eigenvalue weighted by atomic mass is 10.2. The quantitative estimate of drug-likeness (QED) is 0.639. The molecule has 0 bridgehead atoms. The van der Waals surface area contributed by atoms with Gasteiger partial charge < -0.3 is 14.8 Å². The molecule has 1 saturated heterocycles. The van der Waals surface area contributed by atoms with Crippen molar-refractivity contribution in [1.82, 2.24) is 5.32 Å². The lowest BCUT2D eigenvalue weighted by Crippen LogP contribution is -2.18. The van der Waals surface area contributed by atoms with Gasteiger partial charge in [0.05, 0.1) is 11.5 Å². The van der Waals surface area contributed by atoms with Crippen LogP contribution in [0, 0.1) is 5.41 Å². The summed E-state index contributed by atoms with van der Waals surface area (Å²) in [7, 11) is 0. The van der Waals surface area contributed by atoms with E-state index in [1.807, 2.05) is 0 Å². The molecule has 0 aromatic heterocycles. The number of rotatable bonds is 5.